The molecule has 0 N–H and O–H groups in total. The normalized spacial score (nSPS) is 11.6. The van der Waals surface area contributed by atoms with Crippen LogP contribution in [0.15, 0.2) is 64.5 Å². The molecule has 1 heterocycles. The van der Waals surface area contributed by atoms with Crippen LogP contribution < -0.4 is 0 Å². The van der Waals surface area contributed by atoms with Crippen molar-refractivity contribution in [2.24, 2.45) is 0 Å². The smallest absolute Gasteiger partial charge is 0.106 e. The molecule has 0 spiro atoms. The van der Waals surface area contributed by atoms with Gasteiger partial charge >= 0.3 is 0 Å². The number of pyridine rings is 1. The molecule has 0 aliphatic heterocycles. The van der Waals surface area contributed by atoms with Gasteiger partial charge in [0.15, 0.2) is 0 Å². The Morgan fingerprint density at radius 3 is 2.04 bits per heavy atom. The highest BCUT2D eigenvalue weighted by Gasteiger charge is 2.19. The lowest BCUT2D eigenvalue weighted by Gasteiger charge is -2.19. The molecule has 0 bridgehead atoms. The predicted octanol–water partition coefficient (Wildman–Crippen LogP) is 6.90. The second kappa shape index (κ2) is 7.62. The molecule has 0 radical (unpaired) electrons. The summed E-state index contributed by atoms with van der Waals surface area (Å²) in [5.41, 5.74) is 3.62. The van der Waals surface area contributed by atoms with Crippen LogP contribution in [0.1, 0.15) is 27.7 Å². The molecular weight excluding hydrogens is 330 g/mol. The zero-order valence-corrected chi connectivity index (χ0v) is 16.2. The summed E-state index contributed by atoms with van der Waals surface area (Å²) in [6, 6.07) is 19.2. The lowest BCUT2D eigenvalue weighted by atomic mass is 10.1. The summed E-state index contributed by atoms with van der Waals surface area (Å²) < 4.78 is 0. The van der Waals surface area contributed by atoms with Crippen molar-refractivity contribution < 1.29 is 0 Å². The summed E-state index contributed by atoms with van der Waals surface area (Å²) in [6.45, 7) is 8.96. The minimum Gasteiger partial charge on any atom is -0.241 e. The molecule has 3 rings (SSSR count). The molecule has 0 aliphatic carbocycles. The molecule has 0 aliphatic rings. The van der Waals surface area contributed by atoms with Crippen LogP contribution in [0.3, 0.4) is 0 Å². The van der Waals surface area contributed by atoms with Gasteiger partial charge in [-0.1, -0.05) is 76.2 Å². The third kappa shape index (κ3) is 3.79. The fourth-order valence-corrected chi connectivity index (χ4v) is 4.79. The van der Waals surface area contributed by atoms with Gasteiger partial charge in [0.2, 0.25) is 0 Å². The van der Waals surface area contributed by atoms with Crippen molar-refractivity contribution in [2.75, 3.05) is 0 Å². The number of nitrogens with zero attached hydrogens (tertiary/aromatic N) is 1. The molecule has 3 heteroatoms. The maximum Gasteiger partial charge on any atom is 0.106 e. The zero-order chi connectivity index (χ0) is 17.1. The second-order valence-electron chi connectivity index (χ2n) is 6.34. The van der Waals surface area contributed by atoms with E-state index in [4.69, 9.17) is 4.98 Å². The Hall–Kier alpha value is -1.45. The van der Waals surface area contributed by atoms with Gasteiger partial charge in [0.25, 0.3) is 0 Å². The van der Waals surface area contributed by atoms with E-state index >= 15 is 0 Å². The molecule has 0 fully saturated rings. The molecule has 2 aromatic carbocycles. The summed E-state index contributed by atoms with van der Waals surface area (Å²) in [5.74, 6) is 0. The summed E-state index contributed by atoms with van der Waals surface area (Å²) in [5, 5.41) is 3.41. The molecule has 0 amide bonds. The molecule has 0 saturated heterocycles. The Kier molecular flexibility index (Phi) is 5.52. The van der Waals surface area contributed by atoms with Gasteiger partial charge in [-0.05, 0) is 11.6 Å². The van der Waals surface area contributed by atoms with E-state index in [0.717, 1.165) is 10.5 Å². The number of rotatable bonds is 5. The van der Waals surface area contributed by atoms with Gasteiger partial charge < -0.3 is 0 Å². The maximum absolute atomic E-state index is 5.01. The van der Waals surface area contributed by atoms with Crippen LogP contribution >= 0.6 is 23.5 Å². The molecule has 0 atom stereocenters. The molecule has 124 valence electrons. The van der Waals surface area contributed by atoms with E-state index < -0.39 is 0 Å². The zero-order valence-electron chi connectivity index (χ0n) is 14.6. The Morgan fingerprint density at radius 2 is 1.38 bits per heavy atom. The first-order valence-corrected chi connectivity index (χ1v) is 10.1. The molecule has 1 nitrogen and oxygen atoms in total. The highest BCUT2D eigenvalue weighted by Crippen LogP contribution is 2.44. The highest BCUT2D eigenvalue weighted by atomic mass is 32.2. The third-order valence-electron chi connectivity index (χ3n) is 3.57. The van der Waals surface area contributed by atoms with Gasteiger partial charge in [0, 0.05) is 26.3 Å². The topological polar surface area (TPSA) is 12.9 Å². The second-order valence-corrected chi connectivity index (χ2v) is 9.49. The van der Waals surface area contributed by atoms with Crippen molar-refractivity contribution in [1.82, 2.24) is 4.98 Å². The monoisotopic (exact) mass is 353 g/mol. The SMILES string of the molecule is CC(C)Sc1nc2ccccc2c(SC(C)C)c1-c1ccccc1. The first-order chi connectivity index (χ1) is 11.6. The van der Waals surface area contributed by atoms with Crippen LogP contribution in [0.5, 0.6) is 0 Å². The van der Waals surface area contributed by atoms with Gasteiger partial charge in [-0.3, -0.25) is 0 Å². The number of benzene rings is 2. The van der Waals surface area contributed by atoms with Gasteiger partial charge in [-0.25, -0.2) is 4.98 Å². The standard InChI is InChI=1S/C21H23NS2/c1-14(2)23-20-17-12-8-9-13-18(17)22-21(24-15(3)4)19(20)16-10-6-5-7-11-16/h5-15H,1-4H3. The van der Waals surface area contributed by atoms with E-state index in [9.17, 15) is 0 Å². The van der Waals surface area contributed by atoms with Crippen molar-refractivity contribution in [3.8, 4) is 11.1 Å². The molecule has 24 heavy (non-hydrogen) atoms. The fourth-order valence-electron chi connectivity index (χ4n) is 2.69. The van der Waals surface area contributed by atoms with Crippen LogP contribution in [-0.2, 0) is 0 Å². The number of para-hydroxylation sites is 1. The van der Waals surface area contributed by atoms with E-state index in [1.807, 2.05) is 23.5 Å². The maximum atomic E-state index is 5.01. The number of fused-ring (bicyclic) bond motifs is 1. The van der Waals surface area contributed by atoms with Crippen molar-refractivity contribution in [3.63, 3.8) is 0 Å². The quantitative estimate of drug-likeness (QED) is 0.463. The van der Waals surface area contributed by atoms with Gasteiger partial charge in [0.05, 0.1) is 5.52 Å². The van der Waals surface area contributed by atoms with Crippen LogP contribution in [0, 0.1) is 0 Å². The Bertz CT molecular complexity index is 826. The van der Waals surface area contributed by atoms with Crippen molar-refractivity contribution in [1.29, 1.82) is 0 Å². The van der Waals surface area contributed by atoms with E-state index in [-0.39, 0.29) is 0 Å². The lowest BCUT2D eigenvalue weighted by Crippen LogP contribution is -1.98. The number of hydrogen-bond acceptors (Lipinski definition) is 3. The average Bonchev–Trinajstić information content (AvgIpc) is 2.54. The summed E-state index contributed by atoms with van der Waals surface area (Å²) in [7, 11) is 0. The van der Waals surface area contributed by atoms with Gasteiger partial charge in [0.1, 0.15) is 5.03 Å². The van der Waals surface area contributed by atoms with E-state index in [1.54, 1.807) is 0 Å². The van der Waals surface area contributed by atoms with Gasteiger partial charge in [-0.15, -0.1) is 23.5 Å². The van der Waals surface area contributed by atoms with E-state index in [2.05, 4.69) is 82.3 Å². The Morgan fingerprint density at radius 1 is 0.750 bits per heavy atom. The van der Waals surface area contributed by atoms with Crippen LogP contribution in [0.4, 0.5) is 0 Å². The average molecular weight is 354 g/mol. The first kappa shape index (κ1) is 17.4. The third-order valence-corrected chi connectivity index (χ3v) is 5.70. The van der Waals surface area contributed by atoms with Crippen LogP contribution in [0.25, 0.3) is 22.0 Å². The van der Waals surface area contributed by atoms with Crippen LogP contribution in [-0.4, -0.2) is 15.5 Å². The molecule has 1 aromatic heterocycles. The summed E-state index contributed by atoms with van der Waals surface area (Å²) in [4.78, 5) is 6.36. The van der Waals surface area contributed by atoms with Gasteiger partial charge in [-0.2, -0.15) is 0 Å². The largest absolute Gasteiger partial charge is 0.241 e. The van der Waals surface area contributed by atoms with E-state index in [1.165, 1.54) is 21.4 Å². The Labute approximate surface area is 153 Å². The molecule has 0 saturated carbocycles. The fraction of sp³-hybridized carbons (Fsp3) is 0.286. The first-order valence-electron chi connectivity index (χ1n) is 8.37. The predicted molar refractivity (Wildman–Crippen MR) is 109 cm³/mol. The lowest BCUT2D eigenvalue weighted by molar-refractivity contribution is 1.08. The van der Waals surface area contributed by atoms with Crippen LogP contribution in [0.2, 0.25) is 0 Å². The number of aromatic nitrogens is 1. The molecule has 0 unspecified atom stereocenters. The molecular formula is C21H23NS2. The van der Waals surface area contributed by atoms with Crippen molar-refractivity contribution in [2.45, 2.75) is 48.1 Å². The number of thioether (sulfide) groups is 2. The Balaban J connectivity index is 2.34. The van der Waals surface area contributed by atoms with Crippen molar-refractivity contribution in [3.05, 3.63) is 54.6 Å². The minimum absolute atomic E-state index is 0.498. The summed E-state index contributed by atoms with van der Waals surface area (Å²) >= 11 is 3.79. The number of hydrogen-bond donors (Lipinski definition) is 0. The minimum atomic E-state index is 0.498. The highest BCUT2D eigenvalue weighted by molar-refractivity contribution is 8.01. The van der Waals surface area contributed by atoms with E-state index in [0.29, 0.717) is 10.5 Å². The van der Waals surface area contributed by atoms with Crippen molar-refractivity contribution >= 4 is 34.4 Å². The summed E-state index contributed by atoms with van der Waals surface area (Å²) in [6.07, 6.45) is 0. The molecule has 3 aromatic rings.